The number of fused-ring (bicyclic) bond motifs is 4. The summed E-state index contributed by atoms with van der Waals surface area (Å²) in [6.07, 6.45) is 0. The van der Waals surface area contributed by atoms with Gasteiger partial charge in [0.05, 0.1) is 5.41 Å². The molecule has 0 N–H and O–H groups in total. The van der Waals surface area contributed by atoms with Crippen LogP contribution in [0.4, 0.5) is 0 Å². The van der Waals surface area contributed by atoms with Gasteiger partial charge in [-0.2, -0.15) is 0 Å². The van der Waals surface area contributed by atoms with E-state index >= 15 is 0 Å². The Bertz CT molecular complexity index is 1290. The third kappa shape index (κ3) is 7.76. The highest BCUT2D eigenvalue weighted by atomic mass is 14.5. The lowest BCUT2D eigenvalue weighted by atomic mass is 9.67. The van der Waals surface area contributed by atoms with Gasteiger partial charge < -0.3 is 0 Å². The van der Waals surface area contributed by atoms with E-state index in [0.29, 0.717) is 0 Å². The molecule has 0 bridgehead atoms. The van der Waals surface area contributed by atoms with E-state index < -0.39 is 0 Å². The quantitative estimate of drug-likeness (QED) is 0.202. The molecule has 0 aliphatic heterocycles. The molecule has 0 heteroatoms. The fourth-order valence-electron chi connectivity index (χ4n) is 5.13. The molecule has 0 aromatic heterocycles. The molecule has 1 aliphatic carbocycles. The van der Waals surface area contributed by atoms with Crippen LogP contribution >= 0.6 is 0 Å². The lowest BCUT2D eigenvalue weighted by Gasteiger charge is -2.34. The zero-order valence-electron chi connectivity index (χ0n) is 28.0. The molecule has 5 aromatic carbocycles. The first-order valence-electron chi connectivity index (χ1n) is 16.1. The van der Waals surface area contributed by atoms with Crippen LogP contribution in [-0.4, -0.2) is 0 Å². The lowest BCUT2D eigenvalue weighted by molar-refractivity contribution is 0.769. The molecular weight excluding hydrogens is 492 g/mol. The Balaban J connectivity index is 0.00000119. The second-order valence-electron chi connectivity index (χ2n) is 7.77. The van der Waals surface area contributed by atoms with Crippen molar-refractivity contribution >= 4 is 10.8 Å². The molecule has 0 saturated heterocycles. The fraction of sp³-hybridized carbons (Fsp3) is 0.317. The first-order chi connectivity index (χ1) is 20.4. The minimum atomic E-state index is -0.307. The average molecular weight is 549 g/mol. The summed E-state index contributed by atoms with van der Waals surface area (Å²) in [6.45, 7) is 24.0. The molecule has 41 heavy (non-hydrogen) atoms. The topological polar surface area (TPSA) is 0 Å². The summed E-state index contributed by atoms with van der Waals surface area (Å²) in [5.41, 5.74) is 7.73. The SMILES string of the molecule is CC.CC.CC.CC.CC.CC.c1ccc(C2(c3ccccc3)c3ccccc3-c3cc4ccccc4cc32)cc1. The minimum Gasteiger partial charge on any atom is -0.0683 e. The minimum absolute atomic E-state index is 0.307. The maximum atomic E-state index is 2.41. The lowest BCUT2D eigenvalue weighted by Crippen LogP contribution is -2.28. The molecule has 0 nitrogen and oxygen atoms in total. The van der Waals surface area contributed by atoms with Gasteiger partial charge in [0.15, 0.2) is 0 Å². The number of hydrogen-bond acceptors (Lipinski definition) is 0. The molecule has 6 rings (SSSR count). The second kappa shape index (κ2) is 21.2. The molecular formula is C41H56. The van der Waals surface area contributed by atoms with Crippen molar-refractivity contribution in [1.29, 1.82) is 0 Å². The first-order valence-corrected chi connectivity index (χ1v) is 16.1. The van der Waals surface area contributed by atoms with Gasteiger partial charge in [-0.3, -0.25) is 0 Å². The number of rotatable bonds is 2. The highest BCUT2D eigenvalue weighted by molar-refractivity contribution is 5.95. The molecule has 0 radical (unpaired) electrons. The Morgan fingerprint density at radius 1 is 0.317 bits per heavy atom. The molecule has 0 unspecified atom stereocenters. The van der Waals surface area contributed by atoms with Gasteiger partial charge in [0, 0.05) is 0 Å². The van der Waals surface area contributed by atoms with Gasteiger partial charge >= 0.3 is 0 Å². The monoisotopic (exact) mass is 548 g/mol. The smallest absolute Gasteiger partial charge is 0.0683 e. The van der Waals surface area contributed by atoms with E-state index in [1.54, 1.807) is 0 Å². The Labute approximate surface area is 253 Å². The Kier molecular flexibility index (Phi) is 19.3. The molecule has 220 valence electrons. The first kappa shape index (κ1) is 37.4. The molecule has 0 saturated carbocycles. The van der Waals surface area contributed by atoms with Crippen molar-refractivity contribution in [3.05, 3.63) is 144 Å². The maximum absolute atomic E-state index is 2.41. The normalized spacial score (nSPS) is 10.6. The highest BCUT2D eigenvalue weighted by Crippen LogP contribution is 2.56. The second-order valence-corrected chi connectivity index (χ2v) is 7.77. The third-order valence-corrected chi connectivity index (χ3v) is 6.32. The molecule has 0 spiro atoms. The van der Waals surface area contributed by atoms with Gasteiger partial charge in [-0.25, -0.2) is 0 Å². The van der Waals surface area contributed by atoms with Crippen molar-refractivity contribution in [3.63, 3.8) is 0 Å². The van der Waals surface area contributed by atoms with Gasteiger partial charge in [0.1, 0.15) is 0 Å². The van der Waals surface area contributed by atoms with Crippen LogP contribution < -0.4 is 0 Å². The van der Waals surface area contributed by atoms with Crippen LogP contribution in [0.15, 0.2) is 121 Å². The van der Waals surface area contributed by atoms with Gasteiger partial charge in [0.25, 0.3) is 0 Å². The molecule has 0 amide bonds. The predicted octanol–water partition coefficient (Wildman–Crippen LogP) is 13.4. The van der Waals surface area contributed by atoms with E-state index in [1.807, 2.05) is 83.1 Å². The van der Waals surface area contributed by atoms with Gasteiger partial charge in [0.2, 0.25) is 0 Å². The molecule has 0 atom stereocenters. The summed E-state index contributed by atoms with van der Waals surface area (Å²) in [5, 5.41) is 2.58. The van der Waals surface area contributed by atoms with Gasteiger partial charge in [-0.05, 0) is 56.3 Å². The molecule has 0 heterocycles. The van der Waals surface area contributed by atoms with Crippen LogP contribution in [0.25, 0.3) is 21.9 Å². The summed E-state index contributed by atoms with van der Waals surface area (Å²) in [5.74, 6) is 0. The van der Waals surface area contributed by atoms with Crippen molar-refractivity contribution in [3.8, 4) is 11.1 Å². The van der Waals surface area contributed by atoms with Crippen LogP contribution in [0.1, 0.15) is 105 Å². The van der Waals surface area contributed by atoms with Crippen molar-refractivity contribution in [2.75, 3.05) is 0 Å². The maximum Gasteiger partial charge on any atom is 0.0713 e. The van der Waals surface area contributed by atoms with Crippen LogP contribution in [0.5, 0.6) is 0 Å². The van der Waals surface area contributed by atoms with Gasteiger partial charge in [-0.1, -0.05) is 192 Å². The van der Waals surface area contributed by atoms with E-state index in [2.05, 4.69) is 121 Å². The zero-order valence-corrected chi connectivity index (χ0v) is 28.0. The van der Waals surface area contributed by atoms with Crippen molar-refractivity contribution in [2.24, 2.45) is 0 Å². The van der Waals surface area contributed by atoms with Crippen LogP contribution in [0, 0.1) is 0 Å². The molecule has 5 aromatic rings. The van der Waals surface area contributed by atoms with Crippen molar-refractivity contribution in [2.45, 2.75) is 88.5 Å². The summed E-state index contributed by atoms with van der Waals surface area (Å²) < 4.78 is 0. The van der Waals surface area contributed by atoms with E-state index in [9.17, 15) is 0 Å². The Morgan fingerprint density at radius 2 is 0.683 bits per heavy atom. The highest BCUT2D eigenvalue weighted by Gasteiger charge is 2.45. The zero-order chi connectivity index (χ0) is 31.3. The average Bonchev–Trinajstić information content (AvgIpc) is 3.40. The van der Waals surface area contributed by atoms with E-state index in [4.69, 9.17) is 0 Å². The Morgan fingerprint density at radius 3 is 1.15 bits per heavy atom. The fourth-order valence-corrected chi connectivity index (χ4v) is 5.13. The standard InChI is InChI=1S/C29H20.6C2H6/c1-3-13-23(14-4-1)29(24-15-5-2-6-16-24)27-18-10-9-17-25(27)26-19-21-11-7-8-12-22(21)20-28(26)29;6*1-2/h1-20H;6*1-2H3. The predicted molar refractivity (Wildman–Crippen MR) is 189 cm³/mol. The van der Waals surface area contributed by atoms with Crippen molar-refractivity contribution < 1.29 is 0 Å². The largest absolute Gasteiger partial charge is 0.0713 e. The molecule has 0 fully saturated rings. The van der Waals surface area contributed by atoms with Crippen molar-refractivity contribution in [1.82, 2.24) is 0 Å². The summed E-state index contributed by atoms with van der Waals surface area (Å²) >= 11 is 0. The summed E-state index contributed by atoms with van der Waals surface area (Å²) in [7, 11) is 0. The van der Waals surface area contributed by atoms with E-state index in [1.165, 1.54) is 44.2 Å². The van der Waals surface area contributed by atoms with Crippen LogP contribution in [0.3, 0.4) is 0 Å². The molecule has 1 aliphatic rings. The van der Waals surface area contributed by atoms with Gasteiger partial charge in [-0.15, -0.1) is 0 Å². The Hall–Kier alpha value is -3.64. The summed E-state index contributed by atoms with van der Waals surface area (Å²) in [6, 6.07) is 44.3. The van der Waals surface area contributed by atoms with E-state index in [0.717, 1.165) is 0 Å². The van der Waals surface area contributed by atoms with Crippen LogP contribution in [-0.2, 0) is 5.41 Å². The van der Waals surface area contributed by atoms with E-state index in [-0.39, 0.29) is 5.41 Å². The number of hydrogen-bond donors (Lipinski definition) is 0. The third-order valence-electron chi connectivity index (χ3n) is 6.32. The van der Waals surface area contributed by atoms with Crippen LogP contribution in [0.2, 0.25) is 0 Å². The number of benzene rings is 5. The summed E-state index contributed by atoms with van der Waals surface area (Å²) in [4.78, 5) is 0.